The maximum atomic E-state index is 12.5. The van der Waals surface area contributed by atoms with Gasteiger partial charge in [0.05, 0.1) is 17.8 Å². The number of carbonyl (C=O) groups is 1. The van der Waals surface area contributed by atoms with Crippen molar-refractivity contribution in [3.05, 3.63) is 83.7 Å². The fourth-order valence-electron chi connectivity index (χ4n) is 3.53. The first-order valence-corrected chi connectivity index (χ1v) is 8.95. The lowest BCUT2D eigenvalue weighted by Gasteiger charge is -2.16. The molecule has 0 saturated carbocycles. The normalized spacial score (nSPS) is 13.0. The van der Waals surface area contributed by atoms with Crippen LogP contribution in [0.4, 0.5) is 0 Å². The Hall–Kier alpha value is -3.87. The SMILES string of the molecule is O=C1c2cccnc2CN1Cc1ccc(-c2ccccc2-c2nn[nH]n2)cc1. The van der Waals surface area contributed by atoms with Crippen LogP contribution in [0.3, 0.4) is 0 Å². The van der Waals surface area contributed by atoms with E-state index in [2.05, 4.69) is 37.7 Å². The van der Waals surface area contributed by atoms with Gasteiger partial charge in [0.2, 0.25) is 5.82 Å². The van der Waals surface area contributed by atoms with Crippen LogP contribution in [0, 0.1) is 0 Å². The summed E-state index contributed by atoms with van der Waals surface area (Å²) in [5, 5.41) is 14.3. The van der Waals surface area contributed by atoms with E-state index in [1.807, 2.05) is 47.4 Å². The zero-order chi connectivity index (χ0) is 18.9. The van der Waals surface area contributed by atoms with Crippen molar-refractivity contribution in [2.24, 2.45) is 0 Å². The van der Waals surface area contributed by atoms with Crippen molar-refractivity contribution >= 4 is 5.91 Å². The molecule has 7 nitrogen and oxygen atoms in total. The molecule has 28 heavy (non-hydrogen) atoms. The number of hydrogen-bond acceptors (Lipinski definition) is 5. The quantitative estimate of drug-likeness (QED) is 0.598. The fourth-order valence-corrected chi connectivity index (χ4v) is 3.53. The number of hydrogen-bond donors (Lipinski definition) is 1. The van der Waals surface area contributed by atoms with Crippen LogP contribution in [0.15, 0.2) is 66.9 Å². The Morgan fingerprint density at radius 1 is 0.929 bits per heavy atom. The van der Waals surface area contributed by atoms with E-state index in [1.54, 1.807) is 12.3 Å². The molecular weight excluding hydrogens is 352 g/mol. The summed E-state index contributed by atoms with van der Waals surface area (Å²) in [6, 6.07) is 19.8. The zero-order valence-corrected chi connectivity index (χ0v) is 14.9. The molecule has 5 rings (SSSR count). The Labute approximate surface area is 161 Å². The van der Waals surface area contributed by atoms with E-state index in [0.717, 1.165) is 27.9 Å². The van der Waals surface area contributed by atoms with Crippen LogP contribution in [-0.4, -0.2) is 36.4 Å². The van der Waals surface area contributed by atoms with Crippen molar-refractivity contribution in [2.75, 3.05) is 0 Å². The van der Waals surface area contributed by atoms with Crippen molar-refractivity contribution < 1.29 is 4.79 Å². The van der Waals surface area contributed by atoms with E-state index < -0.39 is 0 Å². The average molecular weight is 368 g/mol. The van der Waals surface area contributed by atoms with E-state index in [4.69, 9.17) is 0 Å². The van der Waals surface area contributed by atoms with E-state index in [-0.39, 0.29) is 5.91 Å². The number of rotatable bonds is 4. The summed E-state index contributed by atoms with van der Waals surface area (Å²) in [6.07, 6.45) is 1.73. The second-order valence-electron chi connectivity index (χ2n) is 6.64. The lowest BCUT2D eigenvalue weighted by Crippen LogP contribution is -2.23. The predicted octanol–water partition coefficient (Wildman–Crippen LogP) is 3.08. The number of pyridine rings is 1. The minimum absolute atomic E-state index is 0.0367. The molecule has 1 N–H and O–H groups in total. The summed E-state index contributed by atoms with van der Waals surface area (Å²) in [4.78, 5) is 18.7. The Kier molecular flexibility index (Phi) is 3.90. The minimum atomic E-state index is 0.0367. The van der Waals surface area contributed by atoms with Gasteiger partial charge in [-0.05, 0) is 34.0 Å². The van der Waals surface area contributed by atoms with Crippen LogP contribution < -0.4 is 0 Å². The number of benzene rings is 2. The minimum Gasteiger partial charge on any atom is -0.328 e. The summed E-state index contributed by atoms with van der Waals surface area (Å²) >= 11 is 0. The number of nitrogens with one attached hydrogen (secondary N) is 1. The highest BCUT2D eigenvalue weighted by atomic mass is 16.2. The van der Waals surface area contributed by atoms with Crippen molar-refractivity contribution in [3.63, 3.8) is 0 Å². The zero-order valence-electron chi connectivity index (χ0n) is 14.9. The largest absolute Gasteiger partial charge is 0.328 e. The Balaban J connectivity index is 1.39. The van der Waals surface area contributed by atoms with Gasteiger partial charge in [-0.15, -0.1) is 10.2 Å². The maximum absolute atomic E-state index is 12.5. The summed E-state index contributed by atoms with van der Waals surface area (Å²) in [5.41, 5.74) is 5.62. The monoisotopic (exact) mass is 368 g/mol. The molecule has 1 aliphatic heterocycles. The molecule has 1 aliphatic rings. The lowest BCUT2D eigenvalue weighted by atomic mass is 9.98. The number of aromatic nitrogens is 5. The molecule has 0 fully saturated rings. The molecule has 0 atom stereocenters. The highest BCUT2D eigenvalue weighted by Gasteiger charge is 2.27. The number of tetrazole rings is 1. The highest BCUT2D eigenvalue weighted by Crippen LogP contribution is 2.30. The second kappa shape index (κ2) is 6.70. The molecule has 0 aliphatic carbocycles. The van der Waals surface area contributed by atoms with Gasteiger partial charge in [-0.1, -0.05) is 48.5 Å². The molecule has 3 heterocycles. The number of fused-ring (bicyclic) bond motifs is 1. The standard InChI is InChI=1S/C21H16N6O/c28-21-18-6-3-11-22-19(18)13-27(21)12-14-7-9-15(10-8-14)16-4-1-2-5-17(16)20-23-25-26-24-20/h1-11H,12-13H2,(H,23,24,25,26). The summed E-state index contributed by atoms with van der Waals surface area (Å²) in [7, 11) is 0. The summed E-state index contributed by atoms with van der Waals surface area (Å²) in [5.74, 6) is 0.599. The van der Waals surface area contributed by atoms with Crippen LogP contribution >= 0.6 is 0 Å². The molecule has 7 heteroatoms. The van der Waals surface area contributed by atoms with Gasteiger partial charge in [-0.3, -0.25) is 9.78 Å². The van der Waals surface area contributed by atoms with Gasteiger partial charge < -0.3 is 4.90 Å². The molecule has 2 aromatic heterocycles. The molecule has 136 valence electrons. The molecule has 0 bridgehead atoms. The van der Waals surface area contributed by atoms with Gasteiger partial charge in [0.25, 0.3) is 5.91 Å². The van der Waals surface area contributed by atoms with Gasteiger partial charge >= 0.3 is 0 Å². The van der Waals surface area contributed by atoms with Gasteiger partial charge in [-0.2, -0.15) is 5.21 Å². The average Bonchev–Trinajstić information content (AvgIpc) is 3.38. The predicted molar refractivity (Wildman–Crippen MR) is 103 cm³/mol. The van der Waals surface area contributed by atoms with E-state index >= 15 is 0 Å². The number of aromatic amines is 1. The van der Waals surface area contributed by atoms with Gasteiger partial charge in [0, 0.05) is 18.3 Å². The number of nitrogens with zero attached hydrogens (tertiary/aromatic N) is 5. The summed E-state index contributed by atoms with van der Waals surface area (Å²) in [6.45, 7) is 1.11. The van der Waals surface area contributed by atoms with Crippen LogP contribution in [0.2, 0.25) is 0 Å². The summed E-state index contributed by atoms with van der Waals surface area (Å²) < 4.78 is 0. The Morgan fingerprint density at radius 2 is 1.71 bits per heavy atom. The molecular formula is C21H16N6O. The lowest BCUT2D eigenvalue weighted by molar-refractivity contribution is 0.0766. The van der Waals surface area contributed by atoms with Crippen LogP contribution in [0.25, 0.3) is 22.5 Å². The molecule has 1 amide bonds. The molecule has 0 unspecified atom stereocenters. The first-order valence-electron chi connectivity index (χ1n) is 8.95. The number of H-pyrrole nitrogens is 1. The highest BCUT2D eigenvalue weighted by molar-refractivity contribution is 5.97. The van der Waals surface area contributed by atoms with Crippen molar-refractivity contribution in [1.82, 2.24) is 30.5 Å². The topological polar surface area (TPSA) is 87.7 Å². The van der Waals surface area contributed by atoms with Crippen LogP contribution in [0.5, 0.6) is 0 Å². The third kappa shape index (κ3) is 2.83. The Morgan fingerprint density at radius 3 is 2.46 bits per heavy atom. The smallest absolute Gasteiger partial charge is 0.256 e. The molecule has 0 spiro atoms. The number of amides is 1. The first kappa shape index (κ1) is 16.3. The molecule has 4 aromatic rings. The number of carbonyl (C=O) groups excluding carboxylic acids is 1. The van der Waals surface area contributed by atoms with E-state index in [9.17, 15) is 4.79 Å². The van der Waals surface area contributed by atoms with E-state index in [0.29, 0.717) is 24.5 Å². The molecule has 0 saturated heterocycles. The van der Waals surface area contributed by atoms with Crippen molar-refractivity contribution in [2.45, 2.75) is 13.1 Å². The van der Waals surface area contributed by atoms with Gasteiger partial charge in [0.15, 0.2) is 0 Å². The molecule has 0 radical (unpaired) electrons. The van der Waals surface area contributed by atoms with Gasteiger partial charge in [0.1, 0.15) is 0 Å². The first-order chi connectivity index (χ1) is 13.8. The second-order valence-corrected chi connectivity index (χ2v) is 6.64. The fraction of sp³-hybridized carbons (Fsp3) is 0.0952. The van der Waals surface area contributed by atoms with Crippen LogP contribution in [0.1, 0.15) is 21.6 Å². The van der Waals surface area contributed by atoms with Gasteiger partial charge in [-0.25, -0.2) is 0 Å². The third-order valence-corrected chi connectivity index (χ3v) is 4.90. The maximum Gasteiger partial charge on any atom is 0.256 e. The van der Waals surface area contributed by atoms with Crippen molar-refractivity contribution in [1.29, 1.82) is 0 Å². The third-order valence-electron chi connectivity index (χ3n) is 4.90. The van der Waals surface area contributed by atoms with Crippen molar-refractivity contribution in [3.8, 4) is 22.5 Å². The molecule has 2 aromatic carbocycles. The van der Waals surface area contributed by atoms with Crippen LogP contribution in [-0.2, 0) is 13.1 Å². The van der Waals surface area contributed by atoms with E-state index in [1.165, 1.54) is 0 Å². The Bertz CT molecular complexity index is 1140.